The van der Waals surface area contributed by atoms with Gasteiger partial charge in [-0.3, -0.25) is 0 Å². The second-order valence-corrected chi connectivity index (χ2v) is 13.4. The van der Waals surface area contributed by atoms with Crippen LogP contribution in [0, 0.1) is 10.8 Å². The van der Waals surface area contributed by atoms with Crippen molar-refractivity contribution in [2.45, 2.75) is 108 Å². The molecule has 0 saturated carbocycles. The van der Waals surface area contributed by atoms with Crippen molar-refractivity contribution in [2.24, 2.45) is 21.0 Å². The van der Waals surface area contributed by atoms with Crippen molar-refractivity contribution in [3.8, 4) is 0 Å². The van der Waals surface area contributed by atoms with Crippen LogP contribution in [0.2, 0.25) is 0 Å². The van der Waals surface area contributed by atoms with Gasteiger partial charge in [-0.2, -0.15) is 10.2 Å². The van der Waals surface area contributed by atoms with Gasteiger partial charge in [-0.15, -0.1) is 0 Å². The molecule has 0 fully saturated rings. The predicted octanol–water partition coefficient (Wildman–Crippen LogP) is 12.1. The molecule has 0 unspecified atom stereocenters. The SMILES string of the molecule is CC1=C(/C=C/C(C)=C/C=C/C(C)=C/C=N/N=C/C=C(C)/C=C/C=C(C)/C=C/C2=C(C)CCCC2(C)C)C(C)(C)CCC1. The summed E-state index contributed by atoms with van der Waals surface area (Å²) in [7, 11) is 0. The van der Waals surface area contributed by atoms with Crippen molar-refractivity contribution in [3.63, 3.8) is 0 Å². The van der Waals surface area contributed by atoms with Gasteiger partial charge in [-0.05, 0) is 125 Å². The average Bonchev–Trinajstić information content (AvgIpc) is 2.89. The van der Waals surface area contributed by atoms with Crippen molar-refractivity contribution in [1.82, 2.24) is 0 Å². The molecule has 0 aromatic rings. The van der Waals surface area contributed by atoms with Crippen LogP contribution in [-0.2, 0) is 0 Å². The molecule has 0 atom stereocenters. The number of rotatable bonds is 11. The fraction of sp³-hybridized carbons (Fsp3) is 0.450. The fourth-order valence-electron chi connectivity index (χ4n) is 5.75. The quantitative estimate of drug-likeness (QED) is 0.135. The zero-order valence-corrected chi connectivity index (χ0v) is 28.2. The second-order valence-electron chi connectivity index (χ2n) is 13.4. The Morgan fingerprint density at radius 2 is 0.905 bits per heavy atom. The van der Waals surface area contributed by atoms with Gasteiger partial charge in [0, 0.05) is 12.4 Å². The van der Waals surface area contributed by atoms with Crippen LogP contribution in [0.3, 0.4) is 0 Å². The van der Waals surface area contributed by atoms with Crippen LogP contribution < -0.4 is 0 Å². The summed E-state index contributed by atoms with van der Waals surface area (Å²) in [5.74, 6) is 0. The van der Waals surface area contributed by atoms with E-state index in [0.717, 1.165) is 11.1 Å². The Morgan fingerprint density at radius 3 is 1.26 bits per heavy atom. The normalized spacial score (nSPS) is 21.7. The van der Waals surface area contributed by atoms with Crippen molar-refractivity contribution >= 4 is 12.4 Å². The third kappa shape index (κ3) is 12.3. The zero-order chi connectivity index (χ0) is 31.2. The summed E-state index contributed by atoms with van der Waals surface area (Å²) >= 11 is 0. The molecule has 2 aliphatic carbocycles. The summed E-state index contributed by atoms with van der Waals surface area (Å²) in [5.41, 5.74) is 11.4. The van der Waals surface area contributed by atoms with E-state index in [4.69, 9.17) is 0 Å². The molecule has 0 saturated heterocycles. The molecule has 0 N–H and O–H groups in total. The molecule has 2 rings (SSSR count). The van der Waals surface area contributed by atoms with E-state index in [1.165, 1.54) is 72.0 Å². The van der Waals surface area contributed by atoms with Gasteiger partial charge >= 0.3 is 0 Å². The first-order chi connectivity index (χ1) is 19.8. The molecular formula is C40H56N2. The highest BCUT2D eigenvalue weighted by Crippen LogP contribution is 2.41. The van der Waals surface area contributed by atoms with Crippen LogP contribution in [0.1, 0.15) is 108 Å². The first kappa shape index (κ1) is 34.9. The van der Waals surface area contributed by atoms with Crippen molar-refractivity contribution in [3.05, 3.63) is 117 Å². The molecule has 226 valence electrons. The molecule has 0 amide bonds. The van der Waals surface area contributed by atoms with E-state index in [-0.39, 0.29) is 10.8 Å². The summed E-state index contributed by atoms with van der Waals surface area (Å²) in [6.07, 6.45) is 36.8. The van der Waals surface area contributed by atoms with Crippen LogP contribution in [0.5, 0.6) is 0 Å². The summed E-state index contributed by atoms with van der Waals surface area (Å²) < 4.78 is 0. The van der Waals surface area contributed by atoms with Gasteiger partial charge in [-0.1, -0.05) is 111 Å². The van der Waals surface area contributed by atoms with Gasteiger partial charge < -0.3 is 0 Å². The predicted molar refractivity (Wildman–Crippen MR) is 189 cm³/mol. The fourth-order valence-corrected chi connectivity index (χ4v) is 5.75. The van der Waals surface area contributed by atoms with Crippen molar-refractivity contribution in [2.75, 3.05) is 0 Å². The maximum atomic E-state index is 4.13. The maximum Gasteiger partial charge on any atom is 0.0498 e. The Labute approximate surface area is 258 Å². The molecule has 2 heteroatoms. The van der Waals surface area contributed by atoms with E-state index in [1.807, 2.05) is 12.2 Å². The summed E-state index contributed by atoms with van der Waals surface area (Å²) in [4.78, 5) is 0. The maximum absolute atomic E-state index is 4.13. The van der Waals surface area contributed by atoms with E-state index in [1.54, 1.807) is 12.4 Å². The molecule has 2 nitrogen and oxygen atoms in total. The number of hydrogen-bond donors (Lipinski definition) is 0. The number of allylic oxidation sites excluding steroid dienone is 20. The molecule has 2 aliphatic rings. The van der Waals surface area contributed by atoms with E-state index in [2.05, 4.69) is 140 Å². The molecule has 0 aliphatic heterocycles. The number of nitrogens with zero attached hydrogens (tertiary/aromatic N) is 2. The second kappa shape index (κ2) is 17.0. The van der Waals surface area contributed by atoms with E-state index in [9.17, 15) is 0 Å². The third-order valence-corrected chi connectivity index (χ3v) is 8.42. The third-order valence-electron chi connectivity index (χ3n) is 8.42. The average molecular weight is 565 g/mol. The van der Waals surface area contributed by atoms with Crippen LogP contribution in [-0.4, -0.2) is 12.4 Å². The molecule has 42 heavy (non-hydrogen) atoms. The largest absolute Gasteiger partial charge is 0.159 e. The standard InChI is InChI=1S/C40H56N2/c1-31(21-23-37-35(5)19-13-27-39(37,7)8)15-11-17-33(3)25-29-41-42-30-26-34(4)18-12-16-32(2)22-24-38-36(6)20-14-28-40(38,9)10/h11-12,15-18,21-26,29-30H,13-14,19-20,27-28H2,1-10H3/b17-11+,18-12+,23-21+,24-22+,31-15+,32-16+,33-25+,34-26+,41-29+,42-30+. The van der Waals surface area contributed by atoms with Crippen molar-refractivity contribution in [1.29, 1.82) is 0 Å². The molecule has 0 aromatic carbocycles. The van der Waals surface area contributed by atoms with Gasteiger partial charge in [0.25, 0.3) is 0 Å². The minimum absolute atomic E-state index is 0.277. The van der Waals surface area contributed by atoms with Crippen LogP contribution in [0.4, 0.5) is 0 Å². The van der Waals surface area contributed by atoms with E-state index in [0.29, 0.717) is 0 Å². The monoisotopic (exact) mass is 564 g/mol. The summed E-state index contributed by atoms with van der Waals surface area (Å²) in [6, 6.07) is 0. The van der Waals surface area contributed by atoms with Crippen LogP contribution in [0.25, 0.3) is 0 Å². The summed E-state index contributed by atoms with van der Waals surface area (Å²) in [6.45, 7) is 22.4. The highest BCUT2D eigenvalue weighted by Gasteiger charge is 2.27. The minimum atomic E-state index is 0.277. The van der Waals surface area contributed by atoms with Gasteiger partial charge in [0.2, 0.25) is 0 Å². The smallest absolute Gasteiger partial charge is 0.0498 e. The van der Waals surface area contributed by atoms with E-state index < -0.39 is 0 Å². The molecule has 0 bridgehead atoms. The Kier molecular flexibility index (Phi) is 14.1. The molecule has 0 spiro atoms. The zero-order valence-electron chi connectivity index (χ0n) is 28.2. The minimum Gasteiger partial charge on any atom is -0.159 e. The Morgan fingerprint density at radius 1 is 0.548 bits per heavy atom. The van der Waals surface area contributed by atoms with Gasteiger partial charge in [0.1, 0.15) is 0 Å². The van der Waals surface area contributed by atoms with Crippen LogP contribution >= 0.6 is 0 Å². The molecule has 0 aromatic heterocycles. The lowest BCUT2D eigenvalue weighted by atomic mass is 9.72. The topological polar surface area (TPSA) is 24.7 Å². The molecule has 0 radical (unpaired) electrons. The highest BCUT2D eigenvalue weighted by molar-refractivity contribution is 5.76. The highest BCUT2D eigenvalue weighted by atomic mass is 15.2. The Hall–Kier alpha value is -3.26. The lowest BCUT2D eigenvalue weighted by Crippen LogP contribution is -2.19. The number of hydrogen-bond acceptors (Lipinski definition) is 2. The van der Waals surface area contributed by atoms with Crippen LogP contribution in [0.15, 0.2) is 128 Å². The lowest BCUT2D eigenvalue weighted by molar-refractivity contribution is 0.376. The van der Waals surface area contributed by atoms with Gasteiger partial charge in [0.05, 0.1) is 0 Å². The first-order valence-electron chi connectivity index (χ1n) is 15.7. The molecular weight excluding hydrogens is 508 g/mol. The summed E-state index contributed by atoms with van der Waals surface area (Å²) in [5, 5.41) is 8.26. The Bertz CT molecular complexity index is 1200. The van der Waals surface area contributed by atoms with Gasteiger partial charge in [-0.25, -0.2) is 0 Å². The van der Waals surface area contributed by atoms with Gasteiger partial charge in [0.15, 0.2) is 0 Å². The molecule has 0 heterocycles. The van der Waals surface area contributed by atoms with E-state index >= 15 is 0 Å². The lowest BCUT2D eigenvalue weighted by Gasteiger charge is -2.33. The Balaban J connectivity index is 1.84. The van der Waals surface area contributed by atoms with Crippen molar-refractivity contribution < 1.29 is 0 Å². The first-order valence-corrected chi connectivity index (χ1v) is 15.7.